The third-order valence-corrected chi connectivity index (χ3v) is 3.20. The lowest BCUT2D eigenvalue weighted by molar-refractivity contribution is -0.324. The molecule has 0 aromatic heterocycles. The Morgan fingerprint density at radius 3 is 1.65 bits per heavy atom. The van der Waals surface area contributed by atoms with Gasteiger partial charge in [-0.05, 0) is 38.5 Å². The van der Waals surface area contributed by atoms with Gasteiger partial charge in [-0.3, -0.25) is 0 Å². The number of rotatable bonds is 3. The quantitative estimate of drug-likeness (QED) is 0.762. The van der Waals surface area contributed by atoms with Crippen molar-refractivity contribution >= 4 is 0 Å². The Morgan fingerprint density at radius 1 is 0.923 bits per heavy atom. The summed E-state index contributed by atoms with van der Waals surface area (Å²) in [7, 11) is 1.48. The van der Waals surface area contributed by atoms with E-state index < -0.39 is 36.3 Å². The fourth-order valence-corrected chi connectivity index (χ4v) is 2.37. The summed E-state index contributed by atoms with van der Waals surface area (Å²) in [6.07, 6.45) is -3.21. The summed E-state index contributed by atoms with van der Waals surface area (Å²) in [5.74, 6) is 0.833. The van der Waals surface area contributed by atoms with Crippen LogP contribution in [0.4, 0.5) is 0 Å². The molecule has 0 amide bonds. The van der Waals surface area contributed by atoms with Crippen LogP contribution in [0.1, 0.15) is 82.6 Å². The minimum atomic E-state index is -1.02. The normalized spacial score (nSPS) is 29.4. The fraction of sp³-hybridized carbons (Fsp3) is 1.00. The fourth-order valence-electron chi connectivity index (χ4n) is 2.37. The number of ether oxygens (including phenoxy) is 3. The highest BCUT2D eigenvalue weighted by Crippen LogP contribution is 2.33. The van der Waals surface area contributed by atoms with E-state index in [1.807, 2.05) is 34.6 Å². The van der Waals surface area contributed by atoms with Crippen LogP contribution in [0.15, 0.2) is 0 Å². The molecule has 1 heterocycles. The molecule has 5 atom stereocenters. The standard InChI is InChI=1S/C15H30O5.C4H10.C2H6/c1-14(2,3)8-9-10(16)11(17)12(18-7)13(19-9)20-15(4,5)6;1-4(2)3;1-2/h9-13,16-17H,8H2,1-7H3;4H,1-3H3;1-2H3. The molecule has 0 spiro atoms. The molecular formula is C21H46O5. The molecule has 160 valence electrons. The van der Waals surface area contributed by atoms with Gasteiger partial charge in [-0.25, -0.2) is 0 Å². The number of hydrogen-bond donors (Lipinski definition) is 2. The van der Waals surface area contributed by atoms with Gasteiger partial charge < -0.3 is 24.4 Å². The first-order valence-corrected chi connectivity index (χ1v) is 9.90. The van der Waals surface area contributed by atoms with Crippen LogP contribution in [-0.2, 0) is 14.2 Å². The summed E-state index contributed by atoms with van der Waals surface area (Å²) in [6, 6.07) is 0. The molecule has 0 aromatic carbocycles. The molecule has 5 unspecified atom stereocenters. The molecule has 0 saturated carbocycles. The second kappa shape index (κ2) is 12.3. The van der Waals surface area contributed by atoms with Gasteiger partial charge in [0.2, 0.25) is 0 Å². The van der Waals surface area contributed by atoms with Gasteiger partial charge in [-0.2, -0.15) is 0 Å². The lowest BCUT2D eigenvalue weighted by Gasteiger charge is -2.45. The zero-order valence-electron chi connectivity index (χ0n) is 19.3. The van der Waals surface area contributed by atoms with Crippen molar-refractivity contribution < 1.29 is 24.4 Å². The van der Waals surface area contributed by atoms with Crippen LogP contribution in [0.3, 0.4) is 0 Å². The minimum Gasteiger partial charge on any atom is -0.388 e. The maximum absolute atomic E-state index is 10.2. The average molecular weight is 379 g/mol. The average Bonchev–Trinajstić information content (AvgIpc) is 2.43. The van der Waals surface area contributed by atoms with Gasteiger partial charge >= 0.3 is 0 Å². The molecule has 1 fully saturated rings. The van der Waals surface area contributed by atoms with Gasteiger partial charge in [0.05, 0.1) is 11.7 Å². The maximum Gasteiger partial charge on any atom is 0.187 e. The zero-order chi connectivity index (χ0) is 21.3. The second-order valence-corrected chi connectivity index (χ2v) is 9.45. The molecule has 1 aliphatic rings. The summed E-state index contributed by atoms with van der Waals surface area (Å²) in [4.78, 5) is 0. The Labute approximate surface area is 162 Å². The molecule has 1 rings (SSSR count). The summed E-state index contributed by atoms with van der Waals surface area (Å²) in [5, 5.41) is 20.4. The van der Waals surface area contributed by atoms with Gasteiger partial charge in [0, 0.05) is 7.11 Å². The molecule has 26 heavy (non-hydrogen) atoms. The Kier molecular flexibility index (Phi) is 13.2. The summed E-state index contributed by atoms with van der Waals surface area (Å²) < 4.78 is 16.9. The van der Waals surface area contributed by atoms with Crippen molar-refractivity contribution in [1.29, 1.82) is 0 Å². The largest absolute Gasteiger partial charge is 0.388 e. The van der Waals surface area contributed by atoms with Crippen LogP contribution in [0, 0.1) is 11.3 Å². The molecule has 5 nitrogen and oxygen atoms in total. The topological polar surface area (TPSA) is 68.2 Å². The number of hydrogen-bond acceptors (Lipinski definition) is 5. The first kappa shape index (κ1) is 28.0. The predicted octanol–water partition coefficient (Wildman–Crippen LogP) is 4.39. The van der Waals surface area contributed by atoms with Gasteiger partial charge in [-0.1, -0.05) is 55.4 Å². The molecular weight excluding hydrogens is 332 g/mol. The van der Waals surface area contributed by atoms with Crippen LogP contribution in [0.25, 0.3) is 0 Å². The van der Waals surface area contributed by atoms with Gasteiger partial charge in [0.25, 0.3) is 0 Å². The Morgan fingerprint density at radius 2 is 1.35 bits per heavy atom. The third kappa shape index (κ3) is 12.2. The highest BCUT2D eigenvalue weighted by molar-refractivity contribution is 4.92. The molecule has 0 bridgehead atoms. The van der Waals surface area contributed by atoms with E-state index in [2.05, 4.69) is 41.5 Å². The van der Waals surface area contributed by atoms with Gasteiger partial charge in [-0.15, -0.1) is 0 Å². The maximum atomic E-state index is 10.2. The molecule has 0 aromatic rings. The molecule has 1 aliphatic heterocycles. The van der Waals surface area contributed by atoms with Crippen molar-refractivity contribution in [2.75, 3.05) is 7.11 Å². The van der Waals surface area contributed by atoms with E-state index in [1.54, 1.807) is 0 Å². The summed E-state index contributed by atoms with van der Waals surface area (Å²) in [6.45, 7) is 22.4. The predicted molar refractivity (Wildman–Crippen MR) is 108 cm³/mol. The smallest absolute Gasteiger partial charge is 0.187 e. The van der Waals surface area contributed by atoms with Crippen LogP contribution in [-0.4, -0.2) is 53.6 Å². The zero-order valence-corrected chi connectivity index (χ0v) is 19.3. The van der Waals surface area contributed by atoms with Crippen molar-refractivity contribution in [3.63, 3.8) is 0 Å². The van der Waals surface area contributed by atoms with E-state index in [4.69, 9.17) is 14.2 Å². The second-order valence-electron chi connectivity index (χ2n) is 9.45. The van der Waals surface area contributed by atoms with Crippen molar-refractivity contribution in [3.05, 3.63) is 0 Å². The van der Waals surface area contributed by atoms with Gasteiger partial charge in [0.15, 0.2) is 6.29 Å². The Balaban J connectivity index is 0. The Bertz CT molecular complexity index is 341. The van der Waals surface area contributed by atoms with Crippen LogP contribution in [0.5, 0.6) is 0 Å². The van der Waals surface area contributed by atoms with Crippen molar-refractivity contribution in [2.45, 2.75) is 119 Å². The van der Waals surface area contributed by atoms with Crippen molar-refractivity contribution in [1.82, 2.24) is 0 Å². The van der Waals surface area contributed by atoms with Crippen LogP contribution in [0.2, 0.25) is 0 Å². The molecule has 0 aliphatic carbocycles. The molecule has 0 radical (unpaired) electrons. The number of methoxy groups -OCH3 is 1. The van der Waals surface area contributed by atoms with E-state index >= 15 is 0 Å². The molecule has 5 heteroatoms. The van der Waals surface area contributed by atoms with Crippen molar-refractivity contribution in [2.24, 2.45) is 11.3 Å². The van der Waals surface area contributed by atoms with E-state index in [0.29, 0.717) is 6.42 Å². The lowest BCUT2D eigenvalue weighted by atomic mass is 9.84. The molecule has 2 N–H and O–H groups in total. The van der Waals surface area contributed by atoms with Crippen LogP contribution < -0.4 is 0 Å². The summed E-state index contributed by atoms with van der Waals surface area (Å²) in [5.41, 5.74) is -0.437. The van der Waals surface area contributed by atoms with E-state index in [9.17, 15) is 10.2 Å². The lowest BCUT2D eigenvalue weighted by Crippen LogP contribution is -2.60. The molecule has 1 saturated heterocycles. The van der Waals surface area contributed by atoms with Crippen molar-refractivity contribution in [3.8, 4) is 0 Å². The van der Waals surface area contributed by atoms with E-state index in [0.717, 1.165) is 5.92 Å². The SMILES string of the molecule is CC.CC(C)C.COC1C(OC(C)(C)C)OC(CC(C)(C)C)C(O)C1O. The highest BCUT2D eigenvalue weighted by Gasteiger charge is 2.47. The van der Waals surface area contributed by atoms with E-state index in [1.165, 1.54) is 7.11 Å². The first-order valence-electron chi connectivity index (χ1n) is 9.90. The minimum absolute atomic E-state index is 0.0163. The first-order chi connectivity index (χ1) is 11.7. The summed E-state index contributed by atoms with van der Waals surface area (Å²) >= 11 is 0. The third-order valence-electron chi connectivity index (χ3n) is 3.20. The van der Waals surface area contributed by atoms with Crippen LogP contribution >= 0.6 is 0 Å². The monoisotopic (exact) mass is 378 g/mol. The van der Waals surface area contributed by atoms with Gasteiger partial charge in [0.1, 0.15) is 18.3 Å². The Hall–Kier alpha value is -0.200. The van der Waals surface area contributed by atoms with E-state index in [-0.39, 0.29) is 5.41 Å². The highest BCUT2D eigenvalue weighted by atomic mass is 16.7. The number of aliphatic hydroxyl groups is 2. The number of aliphatic hydroxyl groups excluding tert-OH is 2.